The zero-order valence-electron chi connectivity index (χ0n) is 9.88. The molecule has 1 nitrogen and oxygen atoms in total. The van der Waals surface area contributed by atoms with Crippen LogP contribution in [-0.2, 0) is 0 Å². The molecular weight excluding hydrogens is 190 g/mol. The zero-order valence-corrected chi connectivity index (χ0v) is 10.7. The fraction of sp³-hybridized carbons (Fsp3) is 1.00. The Hall–Kier alpha value is 0.310. The average Bonchev–Trinajstić information content (AvgIpc) is 2.14. The number of nitrogens with two attached hydrogens (primary N) is 1. The Bertz CT molecular complexity index is 156. The fourth-order valence-corrected chi connectivity index (χ4v) is 3.77. The minimum atomic E-state index is 0.363. The molecule has 1 unspecified atom stereocenters. The van der Waals surface area contributed by atoms with Gasteiger partial charge in [0.1, 0.15) is 0 Å². The molecule has 0 heterocycles. The van der Waals surface area contributed by atoms with Crippen molar-refractivity contribution in [3.63, 3.8) is 0 Å². The maximum atomic E-state index is 5.89. The summed E-state index contributed by atoms with van der Waals surface area (Å²) in [6, 6.07) is 0. The molecule has 0 amide bonds. The van der Waals surface area contributed by atoms with Crippen LogP contribution in [0.3, 0.4) is 0 Å². The van der Waals surface area contributed by atoms with Gasteiger partial charge < -0.3 is 5.73 Å². The molecule has 1 saturated carbocycles. The van der Waals surface area contributed by atoms with Crippen molar-refractivity contribution < 1.29 is 0 Å². The van der Waals surface area contributed by atoms with Crippen LogP contribution >= 0.6 is 11.8 Å². The van der Waals surface area contributed by atoms with Gasteiger partial charge in [-0.25, -0.2) is 0 Å². The Morgan fingerprint density at radius 1 is 1.21 bits per heavy atom. The number of rotatable bonds is 3. The van der Waals surface area contributed by atoms with Gasteiger partial charge in [0.25, 0.3) is 0 Å². The van der Waals surface area contributed by atoms with Gasteiger partial charge >= 0.3 is 0 Å². The van der Waals surface area contributed by atoms with Crippen molar-refractivity contribution in [1.82, 2.24) is 0 Å². The summed E-state index contributed by atoms with van der Waals surface area (Å²) >= 11 is 2.08. The fourth-order valence-electron chi connectivity index (χ4n) is 2.30. The highest BCUT2D eigenvalue weighted by Crippen LogP contribution is 2.37. The summed E-state index contributed by atoms with van der Waals surface area (Å²) < 4.78 is 0.363. The minimum absolute atomic E-state index is 0.363. The van der Waals surface area contributed by atoms with Crippen LogP contribution in [0.25, 0.3) is 0 Å². The Morgan fingerprint density at radius 3 is 2.21 bits per heavy atom. The van der Waals surface area contributed by atoms with Gasteiger partial charge in [-0.05, 0) is 18.8 Å². The van der Waals surface area contributed by atoms with Gasteiger partial charge in [-0.2, -0.15) is 11.8 Å². The molecule has 2 N–H and O–H groups in total. The molecule has 0 aliphatic heterocycles. The van der Waals surface area contributed by atoms with Crippen LogP contribution in [0.4, 0.5) is 0 Å². The number of thioether (sulfide) groups is 1. The lowest BCUT2D eigenvalue weighted by Gasteiger charge is -2.33. The highest BCUT2D eigenvalue weighted by molar-refractivity contribution is 8.01. The van der Waals surface area contributed by atoms with Crippen molar-refractivity contribution in [2.45, 2.75) is 62.9 Å². The second-order valence-corrected chi connectivity index (χ2v) is 7.47. The molecule has 1 rings (SSSR count). The highest BCUT2D eigenvalue weighted by atomic mass is 32.2. The van der Waals surface area contributed by atoms with E-state index < -0.39 is 0 Å². The second-order valence-electron chi connectivity index (χ2n) is 5.40. The quantitative estimate of drug-likeness (QED) is 0.780. The van der Waals surface area contributed by atoms with Crippen LogP contribution in [0.1, 0.15) is 52.9 Å². The van der Waals surface area contributed by atoms with Crippen molar-refractivity contribution in [2.75, 3.05) is 6.54 Å². The molecule has 1 aliphatic rings. The van der Waals surface area contributed by atoms with Gasteiger partial charge in [0, 0.05) is 16.5 Å². The predicted octanol–water partition coefficient (Wildman–Crippen LogP) is 3.43. The van der Waals surface area contributed by atoms with E-state index in [4.69, 9.17) is 5.73 Å². The largest absolute Gasteiger partial charge is 0.329 e. The molecule has 0 radical (unpaired) electrons. The van der Waals surface area contributed by atoms with Crippen molar-refractivity contribution >= 4 is 11.8 Å². The van der Waals surface area contributed by atoms with E-state index in [1.165, 1.54) is 32.1 Å². The van der Waals surface area contributed by atoms with Gasteiger partial charge in [-0.3, -0.25) is 0 Å². The summed E-state index contributed by atoms with van der Waals surface area (Å²) in [5.41, 5.74) is 5.89. The molecule has 0 spiro atoms. The van der Waals surface area contributed by atoms with Crippen LogP contribution in [0.2, 0.25) is 0 Å². The van der Waals surface area contributed by atoms with Gasteiger partial charge in [0.15, 0.2) is 0 Å². The summed E-state index contributed by atoms with van der Waals surface area (Å²) in [6.07, 6.45) is 7.10. The topological polar surface area (TPSA) is 26.0 Å². The molecular formula is C12H25NS. The molecule has 2 heteroatoms. The van der Waals surface area contributed by atoms with E-state index in [2.05, 4.69) is 32.5 Å². The summed E-state index contributed by atoms with van der Waals surface area (Å²) in [5, 5.41) is 0.690. The summed E-state index contributed by atoms with van der Waals surface area (Å²) in [6.45, 7) is 7.74. The van der Waals surface area contributed by atoms with E-state index in [1.807, 2.05) is 0 Å². The third-order valence-corrected chi connectivity index (χ3v) is 4.50. The average molecular weight is 215 g/mol. The number of hydrogen-bond acceptors (Lipinski definition) is 2. The van der Waals surface area contributed by atoms with Crippen molar-refractivity contribution in [1.29, 1.82) is 0 Å². The van der Waals surface area contributed by atoms with Crippen molar-refractivity contribution in [3.05, 3.63) is 0 Å². The lowest BCUT2D eigenvalue weighted by molar-refractivity contribution is 0.350. The zero-order chi connectivity index (χ0) is 10.6. The molecule has 0 saturated heterocycles. The van der Waals surface area contributed by atoms with E-state index >= 15 is 0 Å². The molecule has 0 aromatic carbocycles. The molecule has 14 heavy (non-hydrogen) atoms. The van der Waals surface area contributed by atoms with Crippen LogP contribution in [0.15, 0.2) is 0 Å². The van der Waals surface area contributed by atoms with Crippen LogP contribution < -0.4 is 5.73 Å². The summed E-state index contributed by atoms with van der Waals surface area (Å²) in [7, 11) is 0. The van der Waals surface area contributed by atoms with Crippen LogP contribution in [-0.4, -0.2) is 16.5 Å². The highest BCUT2D eigenvalue weighted by Gasteiger charge is 2.26. The summed E-state index contributed by atoms with van der Waals surface area (Å²) in [5.74, 6) is 0.887. The van der Waals surface area contributed by atoms with E-state index in [0.29, 0.717) is 10.00 Å². The molecule has 1 fully saturated rings. The maximum Gasteiger partial charge on any atom is 0.0203 e. The smallest absolute Gasteiger partial charge is 0.0203 e. The second kappa shape index (κ2) is 5.41. The number of hydrogen-bond donors (Lipinski definition) is 1. The van der Waals surface area contributed by atoms with E-state index in [1.54, 1.807) is 0 Å². The SMILES string of the molecule is CC(C)(C)SC(CN)C1CCCCC1. The first-order chi connectivity index (χ1) is 6.53. The van der Waals surface area contributed by atoms with E-state index in [9.17, 15) is 0 Å². The van der Waals surface area contributed by atoms with Crippen LogP contribution in [0, 0.1) is 5.92 Å². The Balaban J connectivity index is 2.43. The molecule has 0 aromatic rings. The standard InChI is InChI=1S/C12H25NS/c1-12(2,3)14-11(9-13)10-7-5-4-6-8-10/h10-11H,4-9,13H2,1-3H3. The van der Waals surface area contributed by atoms with E-state index in [-0.39, 0.29) is 0 Å². The first-order valence-electron chi connectivity index (χ1n) is 5.91. The van der Waals surface area contributed by atoms with E-state index in [0.717, 1.165) is 12.5 Å². The lowest BCUT2D eigenvalue weighted by Crippen LogP contribution is -2.31. The maximum absolute atomic E-state index is 5.89. The lowest BCUT2D eigenvalue weighted by atomic mass is 9.87. The summed E-state index contributed by atoms with van der Waals surface area (Å²) in [4.78, 5) is 0. The minimum Gasteiger partial charge on any atom is -0.329 e. The first kappa shape index (κ1) is 12.4. The normalized spacial score (nSPS) is 22.3. The van der Waals surface area contributed by atoms with Gasteiger partial charge in [-0.1, -0.05) is 40.0 Å². The van der Waals surface area contributed by atoms with Gasteiger partial charge in [0.2, 0.25) is 0 Å². The monoisotopic (exact) mass is 215 g/mol. The third-order valence-electron chi connectivity index (χ3n) is 2.91. The molecule has 1 atom stereocenters. The predicted molar refractivity (Wildman–Crippen MR) is 66.8 cm³/mol. The Morgan fingerprint density at radius 2 is 1.79 bits per heavy atom. The third kappa shape index (κ3) is 4.22. The molecule has 0 bridgehead atoms. The van der Waals surface area contributed by atoms with Gasteiger partial charge in [0.05, 0.1) is 0 Å². The van der Waals surface area contributed by atoms with Crippen LogP contribution in [0.5, 0.6) is 0 Å². The Kier molecular flexibility index (Phi) is 4.78. The molecule has 0 aromatic heterocycles. The Labute approximate surface area is 93.2 Å². The molecule has 1 aliphatic carbocycles. The van der Waals surface area contributed by atoms with Gasteiger partial charge in [-0.15, -0.1) is 0 Å². The van der Waals surface area contributed by atoms with Crippen molar-refractivity contribution in [3.8, 4) is 0 Å². The first-order valence-corrected chi connectivity index (χ1v) is 6.79. The molecule has 84 valence electrons. The van der Waals surface area contributed by atoms with Crippen molar-refractivity contribution in [2.24, 2.45) is 11.7 Å².